The average Bonchev–Trinajstić information content (AvgIpc) is 3.16. The van der Waals surface area contributed by atoms with Gasteiger partial charge in [0.05, 0.1) is 28.7 Å². The lowest BCUT2D eigenvalue weighted by atomic mass is 10.1. The van der Waals surface area contributed by atoms with Crippen molar-refractivity contribution < 1.29 is 19.2 Å². The number of fused-ring (bicyclic) bond motifs is 1. The molecule has 134 valence electrons. The SMILES string of the molecule is Cc1cccc(-n2ncc(C(=O)ON3C(=O)c4ccccc4C3=O)c2C)c1. The number of rotatable bonds is 3. The molecule has 1 aliphatic rings. The van der Waals surface area contributed by atoms with Crippen LogP contribution in [0.5, 0.6) is 0 Å². The molecule has 0 bridgehead atoms. The molecule has 7 heteroatoms. The highest BCUT2D eigenvalue weighted by molar-refractivity contribution is 6.21. The van der Waals surface area contributed by atoms with E-state index in [2.05, 4.69) is 5.10 Å². The van der Waals surface area contributed by atoms with E-state index in [1.165, 1.54) is 18.3 Å². The fourth-order valence-electron chi connectivity index (χ4n) is 3.01. The molecule has 0 N–H and O–H groups in total. The van der Waals surface area contributed by atoms with Gasteiger partial charge in [0.1, 0.15) is 5.56 Å². The van der Waals surface area contributed by atoms with Crippen LogP contribution in [-0.2, 0) is 4.84 Å². The Labute approximate surface area is 154 Å². The van der Waals surface area contributed by atoms with Crippen LogP contribution >= 0.6 is 0 Å². The van der Waals surface area contributed by atoms with Crippen molar-refractivity contribution >= 4 is 17.8 Å². The van der Waals surface area contributed by atoms with Gasteiger partial charge in [0, 0.05) is 0 Å². The standard InChI is InChI=1S/C20H15N3O4/c1-12-6-5-7-14(10-12)22-13(2)17(11-21-22)20(26)27-23-18(24)15-8-3-4-9-16(15)19(23)25/h3-11H,1-2H3. The molecule has 0 unspecified atom stereocenters. The summed E-state index contributed by atoms with van der Waals surface area (Å²) < 4.78 is 1.60. The van der Waals surface area contributed by atoms with E-state index in [4.69, 9.17) is 4.84 Å². The Hall–Kier alpha value is -3.74. The minimum Gasteiger partial charge on any atom is -0.324 e. The number of nitrogens with zero attached hydrogens (tertiary/aromatic N) is 3. The van der Waals surface area contributed by atoms with Crippen molar-refractivity contribution in [3.05, 3.63) is 82.7 Å². The third kappa shape index (κ3) is 2.69. The first-order valence-corrected chi connectivity index (χ1v) is 8.29. The van der Waals surface area contributed by atoms with E-state index in [1.807, 2.05) is 31.2 Å². The number of hydrogen-bond acceptors (Lipinski definition) is 5. The summed E-state index contributed by atoms with van der Waals surface area (Å²) in [6, 6.07) is 14.0. The van der Waals surface area contributed by atoms with E-state index < -0.39 is 17.8 Å². The summed E-state index contributed by atoms with van der Waals surface area (Å²) in [6.07, 6.45) is 1.36. The molecule has 2 amide bonds. The molecule has 0 radical (unpaired) electrons. The van der Waals surface area contributed by atoms with E-state index in [1.54, 1.807) is 23.7 Å². The fraction of sp³-hybridized carbons (Fsp3) is 0.100. The van der Waals surface area contributed by atoms with Crippen LogP contribution in [0.4, 0.5) is 0 Å². The first-order valence-electron chi connectivity index (χ1n) is 8.29. The van der Waals surface area contributed by atoms with Crippen molar-refractivity contribution in [1.29, 1.82) is 0 Å². The van der Waals surface area contributed by atoms with Gasteiger partial charge in [-0.3, -0.25) is 9.59 Å². The zero-order valence-electron chi connectivity index (χ0n) is 14.7. The maximum Gasteiger partial charge on any atom is 0.367 e. The van der Waals surface area contributed by atoms with Crippen LogP contribution in [0.25, 0.3) is 5.69 Å². The van der Waals surface area contributed by atoms with Gasteiger partial charge in [-0.1, -0.05) is 29.3 Å². The molecule has 0 saturated heterocycles. The largest absolute Gasteiger partial charge is 0.367 e. The summed E-state index contributed by atoms with van der Waals surface area (Å²) >= 11 is 0. The van der Waals surface area contributed by atoms with Gasteiger partial charge in [0.15, 0.2) is 0 Å². The first kappa shape index (κ1) is 16.7. The highest BCUT2D eigenvalue weighted by atomic mass is 16.7. The molecule has 0 atom stereocenters. The van der Waals surface area contributed by atoms with Gasteiger partial charge < -0.3 is 4.84 Å². The zero-order valence-corrected chi connectivity index (χ0v) is 14.7. The highest BCUT2D eigenvalue weighted by Crippen LogP contribution is 2.24. The lowest BCUT2D eigenvalue weighted by molar-refractivity contribution is -0.0585. The predicted octanol–water partition coefficient (Wildman–Crippen LogP) is 2.86. The van der Waals surface area contributed by atoms with Gasteiger partial charge in [-0.25, -0.2) is 9.48 Å². The Morgan fingerprint density at radius 2 is 1.63 bits per heavy atom. The number of imide groups is 1. The van der Waals surface area contributed by atoms with E-state index in [-0.39, 0.29) is 16.7 Å². The van der Waals surface area contributed by atoms with Crippen molar-refractivity contribution in [1.82, 2.24) is 14.8 Å². The van der Waals surface area contributed by atoms with Gasteiger partial charge in [-0.2, -0.15) is 5.10 Å². The topological polar surface area (TPSA) is 81.5 Å². The Morgan fingerprint density at radius 3 is 2.26 bits per heavy atom. The molecule has 0 saturated carbocycles. The second-order valence-corrected chi connectivity index (χ2v) is 6.22. The van der Waals surface area contributed by atoms with E-state index in [0.717, 1.165) is 11.3 Å². The molecule has 0 aliphatic carbocycles. The molecule has 0 spiro atoms. The molecule has 27 heavy (non-hydrogen) atoms. The number of hydrogen-bond donors (Lipinski definition) is 0. The van der Waals surface area contributed by atoms with Crippen LogP contribution in [0.2, 0.25) is 0 Å². The summed E-state index contributed by atoms with van der Waals surface area (Å²) in [7, 11) is 0. The van der Waals surface area contributed by atoms with Crippen molar-refractivity contribution in [3.8, 4) is 5.69 Å². The average molecular weight is 361 g/mol. The second-order valence-electron chi connectivity index (χ2n) is 6.22. The highest BCUT2D eigenvalue weighted by Gasteiger charge is 2.39. The van der Waals surface area contributed by atoms with Crippen molar-refractivity contribution in [2.45, 2.75) is 13.8 Å². The van der Waals surface area contributed by atoms with Crippen LogP contribution < -0.4 is 0 Å². The quantitative estimate of drug-likeness (QED) is 0.670. The second kappa shape index (κ2) is 6.21. The number of amides is 2. The maximum atomic E-state index is 12.6. The monoisotopic (exact) mass is 361 g/mol. The lowest BCUT2D eigenvalue weighted by Gasteiger charge is -2.12. The number of aromatic nitrogens is 2. The Bertz CT molecular complexity index is 1070. The normalized spacial score (nSPS) is 13.0. The summed E-state index contributed by atoms with van der Waals surface area (Å²) in [5.41, 5.74) is 2.99. The third-order valence-corrected chi connectivity index (χ3v) is 4.41. The van der Waals surface area contributed by atoms with Gasteiger partial charge in [-0.15, -0.1) is 0 Å². The van der Waals surface area contributed by atoms with Gasteiger partial charge >= 0.3 is 5.97 Å². The van der Waals surface area contributed by atoms with Gasteiger partial charge in [-0.05, 0) is 43.7 Å². The van der Waals surface area contributed by atoms with Crippen LogP contribution in [0.1, 0.15) is 42.3 Å². The fourth-order valence-corrected chi connectivity index (χ4v) is 3.01. The molecule has 4 rings (SSSR count). The number of carbonyl (C=O) groups excluding carboxylic acids is 3. The molecular weight excluding hydrogens is 346 g/mol. The van der Waals surface area contributed by atoms with Crippen LogP contribution in [0.15, 0.2) is 54.7 Å². The van der Waals surface area contributed by atoms with Crippen molar-refractivity contribution in [2.75, 3.05) is 0 Å². The molecule has 1 aromatic heterocycles. The molecule has 0 fully saturated rings. The minimum absolute atomic E-state index is 0.174. The number of aryl methyl sites for hydroxylation is 1. The van der Waals surface area contributed by atoms with Gasteiger partial charge in [0.2, 0.25) is 0 Å². The minimum atomic E-state index is -0.819. The summed E-state index contributed by atoms with van der Waals surface area (Å²) in [4.78, 5) is 42.3. The molecule has 2 heterocycles. The van der Waals surface area contributed by atoms with Crippen molar-refractivity contribution in [3.63, 3.8) is 0 Å². The lowest BCUT2D eigenvalue weighted by Crippen LogP contribution is -2.32. The number of carbonyl (C=O) groups is 3. The maximum absolute atomic E-state index is 12.6. The Kier molecular flexibility index (Phi) is 3.84. The van der Waals surface area contributed by atoms with Crippen molar-refractivity contribution in [2.24, 2.45) is 0 Å². The third-order valence-electron chi connectivity index (χ3n) is 4.41. The molecule has 2 aromatic carbocycles. The van der Waals surface area contributed by atoms with Crippen LogP contribution in [0.3, 0.4) is 0 Å². The summed E-state index contributed by atoms with van der Waals surface area (Å²) in [5.74, 6) is -2.14. The van der Waals surface area contributed by atoms with E-state index in [0.29, 0.717) is 10.8 Å². The number of benzene rings is 2. The summed E-state index contributed by atoms with van der Waals surface area (Å²) in [5, 5.41) is 4.72. The molecular formula is C20H15N3O4. The van der Waals surface area contributed by atoms with Crippen LogP contribution in [-0.4, -0.2) is 32.6 Å². The Morgan fingerprint density at radius 1 is 0.963 bits per heavy atom. The Balaban J connectivity index is 1.60. The first-order chi connectivity index (χ1) is 13.0. The smallest absolute Gasteiger partial charge is 0.324 e. The number of hydroxylamine groups is 2. The van der Waals surface area contributed by atoms with E-state index >= 15 is 0 Å². The summed E-state index contributed by atoms with van der Waals surface area (Å²) in [6.45, 7) is 3.67. The van der Waals surface area contributed by atoms with E-state index in [9.17, 15) is 14.4 Å². The predicted molar refractivity (Wildman–Crippen MR) is 95.4 cm³/mol. The molecule has 1 aliphatic heterocycles. The van der Waals surface area contributed by atoms with Gasteiger partial charge in [0.25, 0.3) is 11.8 Å². The zero-order chi connectivity index (χ0) is 19.1. The van der Waals surface area contributed by atoms with Crippen LogP contribution in [0, 0.1) is 13.8 Å². The molecule has 3 aromatic rings. The molecule has 7 nitrogen and oxygen atoms in total.